The SMILES string of the molecule is CC1(N)CCN(c2ccc(Sc3cccc(NC(=O)CCC(=O)NCCCOCCOCCOCCCNC4=CCCc5cnn(C6CCC(=O)NC6=O)c(=O)c54)c3Cl)c(N)n2)CC1. The van der Waals surface area contributed by atoms with Gasteiger partial charge in [0.05, 0.1) is 53.8 Å². The predicted octanol–water partition coefficient (Wildman–Crippen LogP) is 3.56. The summed E-state index contributed by atoms with van der Waals surface area (Å²) in [7, 11) is 0. The number of nitrogens with two attached hydrogens (primary N) is 2. The average molecular weight is 924 g/mol. The Morgan fingerprint density at radius 1 is 0.938 bits per heavy atom. The molecule has 346 valence electrons. The summed E-state index contributed by atoms with van der Waals surface area (Å²) in [6, 6.07) is 8.41. The molecule has 1 atom stereocenters. The van der Waals surface area contributed by atoms with Crippen molar-refractivity contribution in [3.63, 3.8) is 0 Å². The zero-order valence-corrected chi connectivity index (χ0v) is 37.8. The number of pyridine rings is 1. The number of benzene rings is 1. The Morgan fingerprint density at radius 2 is 1.64 bits per heavy atom. The van der Waals surface area contributed by atoms with E-state index in [0.29, 0.717) is 99.0 Å². The molecular formula is C44H59ClN10O8S. The number of carbonyl (C=O) groups is 4. The normalized spacial score (nSPS) is 17.0. The van der Waals surface area contributed by atoms with E-state index < -0.39 is 11.9 Å². The maximum Gasteiger partial charge on any atom is 0.277 e. The largest absolute Gasteiger partial charge is 0.385 e. The van der Waals surface area contributed by atoms with Gasteiger partial charge in [0.1, 0.15) is 17.7 Å². The molecule has 4 heterocycles. The fourth-order valence-electron chi connectivity index (χ4n) is 7.39. The summed E-state index contributed by atoms with van der Waals surface area (Å²) < 4.78 is 18.0. The molecule has 4 amide bonds. The Bertz CT molecular complexity index is 2210. The van der Waals surface area contributed by atoms with Crippen LogP contribution in [0.2, 0.25) is 5.02 Å². The maximum absolute atomic E-state index is 13.4. The number of piperidine rings is 2. The van der Waals surface area contributed by atoms with E-state index in [1.165, 1.54) is 16.4 Å². The number of nitrogens with zero attached hydrogens (tertiary/aromatic N) is 4. The molecule has 1 unspecified atom stereocenters. The lowest BCUT2D eigenvalue weighted by atomic mass is 9.91. The van der Waals surface area contributed by atoms with Gasteiger partial charge in [0, 0.05) is 74.8 Å². The van der Waals surface area contributed by atoms with E-state index in [1.54, 1.807) is 18.3 Å². The Labute approximate surface area is 381 Å². The second-order valence-corrected chi connectivity index (χ2v) is 17.7. The van der Waals surface area contributed by atoms with Gasteiger partial charge in [0.25, 0.3) is 11.5 Å². The second-order valence-electron chi connectivity index (χ2n) is 16.2. The van der Waals surface area contributed by atoms with E-state index in [1.807, 2.05) is 24.3 Å². The molecule has 1 aromatic carbocycles. The van der Waals surface area contributed by atoms with Crippen molar-refractivity contribution >= 4 is 70.0 Å². The lowest BCUT2D eigenvalue weighted by molar-refractivity contribution is -0.136. The number of ether oxygens (including phenoxy) is 3. The minimum atomic E-state index is -0.810. The third-order valence-electron chi connectivity index (χ3n) is 11.1. The van der Waals surface area contributed by atoms with Gasteiger partial charge in [-0.25, -0.2) is 9.67 Å². The van der Waals surface area contributed by atoms with Crippen LogP contribution in [0, 0.1) is 0 Å². The van der Waals surface area contributed by atoms with Gasteiger partial charge in [0.15, 0.2) is 0 Å². The van der Waals surface area contributed by atoms with Crippen molar-refractivity contribution in [1.82, 2.24) is 30.7 Å². The fourth-order valence-corrected chi connectivity index (χ4v) is 8.54. The molecule has 3 aliphatic rings. The first-order valence-electron chi connectivity index (χ1n) is 21.8. The van der Waals surface area contributed by atoms with Crippen LogP contribution in [-0.4, -0.2) is 110 Å². The van der Waals surface area contributed by atoms with E-state index in [4.69, 9.17) is 37.3 Å². The summed E-state index contributed by atoms with van der Waals surface area (Å²) >= 11 is 8.05. The number of nitrogens with one attached hydrogen (secondary N) is 4. The third kappa shape index (κ3) is 14.0. The van der Waals surface area contributed by atoms with Gasteiger partial charge in [-0.2, -0.15) is 5.10 Å². The van der Waals surface area contributed by atoms with Gasteiger partial charge >= 0.3 is 0 Å². The Kier molecular flexibility index (Phi) is 18.0. The Balaban J connectivity index is 0.763. The van der Waals surface area contributed by atoms with E-state index >= 15 is 0 Å². The Morgan fingerprint density at radius 3 is 2.36 bits per heavy atom. The predicted molar refractivity (Wildman–Crippen MR) is 245 cm³/mol. The molecule has 8 N–H and O–H groups in total. The van der Waals surface area contributed by atoms with Crippen LogP contribution in [-0.2, 0) is 39.8 Å². The molecule has 2 saturated heterocycles. The van der Waals surface area contributed by atoms with Crippen molar-refractivity contribution in [2.75, 3.05) is 81.8 Å². The molecule has 0 radical (unpaired) electrons. The van der Waals surface area contributed by atoms with Crippen LogP contribution in [0.3, 0.4) is 0 Å². The number of aromatic nitrogens is 3. The molecule has 2 aromatic heterocycles. The van der Waals surface area contributed by atoms with Crippen LogP contribution >= 0.6 is 23.4 Å². The van der Waals surface area contributed by atoms with Crippen molar-refractivity contribution < 1.29 is 33.4 Å². The van der Waals surface area contributed by atoms with Crippen LogP contribution in [0.5, 0.6) is 0 Å². The van der Waals surface area contributed by atoms with Gasteiger partial charge in [0.2, 0.25) is 17.7 Å². The molecule has 2 aliphatic heterocycles. The summed E-state index contributed by atoms with van der Waals surface area (Å²) in [5.41, 5.74) is 14.6. The number of fused-ring (bicyclic) bond motifs is 1. The van der Waals surface area contributed by atoms with Crippen LogP contribution in [0.15, 0.2) is 57.2 Å². The number of rotatable bonds is 23. The zero-order valence-electron chi connectivity index (χ0n) is 36.3. The number of hydrogen-bond acceptors (Lipinski definition) is 15. The minimum Gasteiger partial charge on any atom is -0.385 e. The lowest BCUT2D eigenvalue weighted by Crippen LogP contribution is -2.48. The van der Waals surface area contributed by atoms with Crippen molar-refractivity contribution in [2.24, 2.45) is 5.73 Å². The number of allylic oxidation sites excluding steroid dienone is 1. The van der Waals surface area contributed by atoms with E-state index in [0.717, 1.165) is 54.3 Å². The van der Waals surface area contributed by atoms with Gasteiger partial charge in [-0.1, -0.05) is 35.5 Å². The molecule has 3 aromatic rings. The standard InChI is InChI=1S/C44H59ClN10O8S/c1-44(47)16-20-54(21-17-44)35-12-11-34(41(46)52-35)64-33-9-3-8-31(40(33)45)51-37(57)15-14-36(56)49-19-5-23-62-25-27-63-26-24-61-22-4-18-48-30-7-2-6-29-28-50-55(43(60)39(29)30)32-10-13-38(58)53-42(32)59/h3,7-9,11-12,28,32,48H,2,4-6,10,13-27,47H2,1H3,(H2,46,52)(H,49,56)(H,51,57)(H,53,58,59). The molecule has 0 spiro atoms. The van der Waals surface area contributed by atoms with Gasteiger partial charge < -0.3 is 46.5 Å². The highest BCUT2D eigenvalue weighted by Crippen LogP contribution is 2.40. The summed E-state index contributed by atoms with van der Waals surface area (Å²) in [6.45, 7) is 7.31. The number of nitrogen functional groups attached to an aromatic ring is 1. The molecule has 20 heteroatoms. The minimum absolute atomic E-state index is 0.00347. The molecule has 64 heavy (non-hydrogen) atoms. The molecule has 0 bridgehead atoms. The highest BCUT2D eigenvalue weighted by Gasteiger charge is 2.32. The molecule has 0 saturated carbocycles. The van der Waals surface area contributed by atoms with Gasteiger partial charge in [-0.05, 0) is 81.7 Å². The highest BCUT2D eigenvalue weighted by molar-refractivity contribution is 7.99. The number of carbonyl (C=O) groups excluding carboxylic acids is 4. The summed E-state index contributed by atoms with van der Waals surface area (Å²) in [6.07, 6.45) is 8.58. The molecule has 1 aliphatic carbocycles. The van der Waals surface area contributed by atoms with Crippen LogP contribution in [0.1, 0.15) is 81.9 Å². The number of hydrogen-bond donors (Lipinski definition) is 6. The fraction of sp³-hybridized carbons (Fsp3) is 0.523. The van der Waals surface area contributed by atoms with E-state index in [2.05, 4.69) is 43.2 Å². The van der Waals surface area contributed by atoms with Crippen LogP contribution in [0.25, 0.3) is 5.70 Å². The molecule has 18 nitrogen and oxygen atoms in total. The van der Waals surface area contributed by atoms with Crippen molar-refractivity contribution in [1.29, 1.82) is 0 Å². The van der Waals surface area contributed by atoms with Crippen molar-refractivity contribution in [3.05, 3.63) is 69.1 Å². The summed E-state index contributed by atoms with van der Waals surface area (Å²) in [4.78, 5) is 70.7. The number of amides is 4. The first-order valence-corrected chi connectivity index (χ1v) is 23.0. The third-order valence-corrected chi connectivity index (χ3v) is 12.7. The first kappa shape index (κ1) is 48.4. The van der Waals surface area contributed by atoms with Crippen molar-refractivity contribution in [2.45, 2.75) is 92.5 Å². The molecule has 2 fully saturated rings. The quantitative estimate of drug-likeness (QED) is 0.0588. The number of aryl methyl sites for hydroxylation is 1. The average Bonchev–Trinajstić information content (AvgIpc) is 3.26. The van der Waals surface area contributed by atoms with Gasteiger partial charge in [-0.15, -0.1) is 0 Å². The second kappa shape index (κ2) is 23.8. The number of imide groups is 1. The molecular weight excluding hydrogens is 864 g/mol. The van der Waals surface area contributed by atoms with Crippen molar-refractivity contribution in [3.8, 4) is 0 Å². The Hall–Kier alpha value is -5.05. The molecule has 6 rings (SSSR count). The highest BCUT2D eigenvalue weighted by atomic mass is 35.5. The zero-order chi connectivity index (χ0) is 45.5. The van der Waals surface area contributed by atoms with Crippen LogP contribution < -0.4 is 43.2 Å². The van der Waals surface area contributed by atoms with Crippen LogP contribution in [0.4, 0.5) is 17.3 Å². The number of halogens is 1. The topological polar surface area (TPSA) is 247 Å². The summed E-state index contributed by atoms with van der Waals surface area (Å²) in [5, 5.41) is 15.9. The first-order chi connectivity index (χ1) is 30.9. The van der Waals surface area contributed by atoms with Gasteiger partial charge in [-0.3, -0.25) is 29.3 Å². The smallest absolute Gasteiger partial charge is 0.277 e. The summed E-state index contributed by atoms with van der Waals surface area (Å²) in [5.74, 6) is -0.208. The van der Waals surface area contributed by atoms with E-state index in [-0.39, 0.29) is 54.5 Å². The monoisotopic (exact) mass is 922 g/mol. The maximum atomic E-state index is 13.4. The number of anilines is 3. The lowest BCUT2D eigenvalue weighted by Gasteiger charge is -2.37. The van der Waals surface area contributed by atoms with E-state index in [9.17, 15) is 24.0 Å².